The quantitative estimate of drug-likeness (QED) is 0.0538. The predicted molar refractivity (Wildman–Crippen MR) is 492 cm³/mol. The number of fused-ring (bicyclic) bond motifs is 15. The van der Waals surface area contributed by atoms with Gasteiger partial charge in [-0.25, -0.2) is 14.0 Å². The molecule has 0 spiro atoms. The van der Waals surface area contributed by atoms with E-state index >= 15 is 0 Å². The molecule has 4 fully saturated rings. The van der Waals surface area contributed by atoms with Crippen molar-refractivity contribution in [1.29, 1.82) is 0 Å². The van der Waals surface area contributed by atoms with E-state index in [-0.39, 0.29) is 116 Å². The summed E-state index contributed by atoms with van der Waals surface area (Å²) in [4.78, 5) is 88.6. The number of aromatic nitrogens is 9. The van der Waals surface area contributed by atoms with Crippen LogP contribution in [-0.4, -0.2) is 145 Å². The van der Waals surface area contributed by atoms with E-state index in [9.17, 15) is 24.0 Å². The number of carbonyl (C=O) groups is 5. The Morgan fingerprint density at radius 2 is 0.803 bits per heavy atom. The van der Waals surface area contributed by atoms with E-state index in [0.29, 0.717) is 19.3 Å². The van der Waals surface area contributed by atoms with Crippen LogP contribution in [0.1, 0.15) is 273 Å². The van der Waals surface area contributed by atoms with Crippen molar-refractivity contribution in [3.05, 3.63) is 283 Å². The van der Waals surface area contributed by atoms with Crippen molar-refractivity contribution < 1.29 is 52.3 Å². The summed E-state index contributed by atoms with van der Waals surface area (Å²) < 4.78 is 29.0. The fraction of sp³-hybridized carbons (Fsp3) is 0.398. The number of rotatable bonds is 19. The highest BCUT2D eigenvalue weighted by atomic mass is 16.7. The first-order valence-corrected chi connectivity index (χ1v) is 44.8. The van der Waals surface area contributed by atoms with E-state index in [0.717, 1.165) is 172 Å². The minimum Gasteiger partial charge on any atom is -0.466 e. The number of amides is 3. The lowest BCUT2D eigenvalue weighted by atomic mass is 9.76. The summed E-state index contributed by atoms with van der Waals surface area (Å²) >= 11 is 0. The van der Waals surface area contributed by atoms with E-state index < -0.39 is 0 Å². The number of ether oxygens (including phenoxy) is 2. The first-order chi connectivity index (χ1) is 60.9. The Morgan fingerprint density at radius 1 is 0.457 bits per heavy atom. The summed E-state index contributed by atoms with van der Waals surface area (Å²) in [5.74, 6) is -0.488. The van der Waals surface area contributed by atoms with Gasteiger partial charge in [0.05, 0.1) is 71.9 Å². The number of esters is 2. The Kier molecular flexibility index (Phi) is 28.1. The molecule has 9 aromatic carbocycles. The molecule has 6 unspecified atom stereocenters. The third-order valence-electron chi connectivity index (χ3n) is 27.0. The van der Waals surface area contributed by atoms with Gasteiger partial charge < -0.3 is 33.5 Å². The second kappa shape index (κ2) is 39.3. The molecule has 127 heavy (non-hydrogen) atoms. The zero-order valence-electron chi connectivity index (χ0n) is 74.5. The third kappa shape index (κ3) is 18.2. The molecule has 658 valence electrons. The SMILES string of the molecule is C.CC/C=C/c1ccc2c(nnn2CC)c1C.CC1(C)OB(c2ccc3c(c2)C2CCC(C3)N2C(=O)c2ccccc2)OC1(C)C.CCOC(=O)C[C@@H](c1ccc2c(c1)C1CCC(C2)N1C(=O)c1ccccc1)c1ccc2c(nnn2CC)c1C.CCOC(=O)C[C@H](c1ccc2c(c1)C1CCC(C2)N1C(=O)c1ccccc1)c1ccc2c(nnn2CC)c1C.O=C=O. The number of aryl methyl sites for hydroxylation is 6. The number of benzene rings is 9. The van der Waals surface area contributed by atoms with E-state index in [4.69, 9.17) is 28.4 Å². The van der Waals surface area contributed by atoms with E-state index in [1.54, 1.807) is 0 Å². The topological polar surface area (TPSA) is 258 Å². The smallest absolute Gasteiger partial charge is 0.466 e. The van der Waals surface area contributed by atoms with Gasteiger partial charge in [-0.15, -0.1) is 15.3 Å². The van der Waals surface area contributed by atoms with E-state index in [1.165, 1.54) is 44.5 Å². The molecule has 4 saturated heterocycles. The highest BCUT2D eigenvalue weighted by Crippen LogP contribution is 2.50. The van der Waals surface area contributed by atoms with Gasteiger partial charge in [-0.2, -0.15) is 9.59 Å². The molecule has 19 rings (SSSR count). The average Bonchev–Trinajstić information content (AvgIpc) is 1.62. The van der Waals surface area contributed by atoms with Crippen LogP contribution >= 0.6 is 0 Å². The molecular weight excluding hydrogens is 1590 g/mol. The molecule has 3 amide bonds. The Balaban J connectivity index is 0.000000141. The van der Waals surface area contributed by atoms with Gasteiger partial charge in [0, 0.05) is 66.3 Å². The standard InChI is InChI=1S/2C32H34N4O3.C24H28BNO3.C13H17N3.CO2.CH4/c2*1-4-35-29-16-14-25(20(3)31(29)33-34-35)26(19-30(37)39-5-2)23-12-11-22-17-24-13-15-28(27(22)18-23)36(24)32(38)21-9-7-6-8-10-21;1-23(2)24(3,4)29-25(28-23)18-11-10-17-14-19-12-13-21(20(17)15-18)26(19)22(27)16-8-6-5-7-9-16;1-4-6-7-11-8-9-12-13(10(11)3)14-15-16(12)5-2;2-1-3;/h2*6-12,14,16,18,24,26,28H,4-5,13,15,17,19H2,1-3H3;5-11,15,19,21H,12-14H2,1-4H3;6-9H,4-5H2,1-3H3;;1H4/b;;;7-6+;;/t2*24?,26-,28?;;;;/m10..../s1. The van der Waals surface area contributed by atoms with Crippen molar-refractivity contribution in [2.45, 2.75) is 253 Å². The molecule has 10 heterocycles. The van der Waals surface area contributed by atoms with E-state index in [2.05, 4.69) is 211 Å². The van der Waals surface area contributed by atoms with Crippen molar-refractivity contribution in [3.8, 4) is 0 Å². The van der Waals surface area contributed by atoms with Crippen LogP contribution in [0.5, 0.6) is 0 Å². The first-order valence-electron chi connectivity index (χ1n) is 44.8. The molecule has 3 aromatic heterocycles. The molecule has 24 heteroatoms. The second-order valence-electron chi connectivity index (χ2n) is 34.7. The van der Waals surface area contributed by atoms with Crippen molar-refractivity contribution in [2.75, 3.05) is 13.2 Å². The summed E-state index contributed by atoms with van der Waals surface area (Å²) in [6.45, 7) is 29.6. The minimum atomic E-state index is -0.372. The zero-order valence-corrected chi connectivity index (χ0v) is 74.5. The summed E-state index contributed by atoms with van der Waals surface area (Å²) in [7, 11) is -0.372. The highest BCUT2D eigenvalue weighted by molar-refractivity contribution is 6.62. The van der Waals surface area contributed by atoms with Gasteiger partial charge in [-0.05, 0) is 285 Å². The fourth-order valence-corrected chi connectivity index (χ4v) is 19.9. The highest BCUT2D eigenvalue weighted by Gasteiger charge is 2.53. The second-order valence-corrected chi connectivity index (χ2v) is 34.7. The number of carbonyl (C=O) groups excluding carboxylic acids is 7. The molecule has 0 saturated carbocycles. The van der Waals surface area contributed by atoms with Gasteiger partial charge in [0.1, 0.15) is 16.6 Å². The van der Waals surface area contributed by atoms with Gasteiger partial charge >= 0.3 is 25.2 Å². The van der Waals surface area contributed by atoms with Gasteiger partial charge in [-0.1, -0.05) is 170 Å². The van der Waals surface area contributed by atoms with Crippen LogP contribution < -0.4 is 5.46 Å². The lowest BCUT2D eigenvalue weighted by Gasteiger charge is -2.37. The maximum absolute atomic E-state index is 13.6. The zero-order chi connectivity index (χ0) is 88.8. The Morgan fingerprint density at radius 3 is 1.16 bits per heavy atom. The molecule has 7 aliphatic rings. The molecule has 0 aliphatic carbocycles. The van der Waals surface area contributed by atoms with Crippen LogP contribution in [0.4, 0.5) is 0 Å². The fourth-order valence-electron chi connectivity index (χ4n) is 19.9. The third-order valence-corrected chi connectivity index (χ3v) is 27.0. The van der Waals surface area contributed by atoms with Crippen LogP contribution in [0.15, 0.2) is 188 Å². The van der Waals surface area contributed by atoms with Crippen LogP contribution in [0.25, 0.3) is 39.2 Å². The molecule has 0 N–H and O–H groups in total. The number of nitrogens with zero attached hydrogens (tertiary/aromatic N) is 12. The number of hydrogen-bond donors (Lipinski definition) is 0. The van der Waals surface area contributed by atoms with Gasteiger partial charge in [-0.3, -0.25) is 24.0 Å². The molecule has 6 bridgehead atoms. The Labute approximate surface area is 744 Å². The van der Waals surface area contributed by atoms with Crippen LogP contribution in [0.3, 0.4) is 0 Å². The van der Waals surface area contributed by atoms with Crippen LogP contribution in [0, 0.1) is 20.8 Å². The number of hydrogen-bond acceptors (Lipinski definition) is 17. The van der Waals surface area contributed by atoms with Gasteiger partial charge in [0.25, 0.3) is 17.7 Å². The van der Waals surface area contributed by atoms with Crippen molar-refractivity contribution >= 4 is 87.6 Å². The van der Waals surface area contributed by atoms with Crippen LogP contribution in [0.2, 0.25) is 0 Å². The normalized spacial score (nSPS) is 19.1. The largest absolute Gasteiger partial charge is 0.494 e. The first kappa shape index (κ1) is 90.9. The molecule has 23 nitrogen and oxygen atoms in total. The molecule has 8 atom stereocenters. The van der Waals surface area contributed by atoms with Gasteiger partial charge in [0.15, 0.2) is 0 Å². The summed E-state index contributed by atoms with van der Waals surface area (Å²) in [6.07, 6.45) is 14.7. The van der Waals surface area contributed by atoms with Crippen molar-refractivity contribution in [1.82, 2.24) is 59.7 Å². The van der Waals surface area contributed by atoms with E-state index in [1.807, 2.05) is 133 Å². The van der Waals surface area contributed by atoms with Crippen molar-refractivity contribution in [3.63, 3.8) is 0 Å². The lowest BCUT2D eigenvalue weighted by molar-refractivity contribution is -0.191. The van der Waals surface area contributed by atoms with Crippen LogP contribution in [-0.2, 0) is 76.9 Å². The average molecular weight is 1710 g/mol. The Hall–Kier alpha value is -12.4. The monoisotopic (exact) mass is 1710 g/mol. The Bertz CT molecular complexity index is 5830. The maximum Gasteiger partial charge on any atom is 0.494 e. The predicted octanol–water partition coefficient (Wildman–Crippen LogP) is 18.6. The minimum absolute atomic E-state index is 0. The molecule has 0 radical (unpaired) electrons. The van der Waals surface area contributed by atoms with Crippen molar-refractivity contribution in [2.24, 2.45) is 0 Å². The lowest BCUT2D eigenvalue weighted by Crippen LogP contribution is -2.43. The molecular formula is C103H117BN12O11. The van der Waals surface area contributed by atoms with Gasteiger partial charge in [0.2, 0.25) is 0 Å². The number of allylic oxidation sites excluding steroid dienone is 1. The summed E-state index contributed by atoms with van der Waals surface area (Å²) in [5.41, 5.74) is 24.8. The maximum atomic E-state index is 13.6. The summed E-state index contributed by atoms with van der Waals surface area (Å²) in [6, 6.07) is 62.1. The summed E-state index contributed by atoms with van der Waals surface area (Å²) in [5, 5.41) is 25.9. The molecule has 12 aromatic rings. The molecule has 7 aliphatic heterocycles.